The summed E-state index contributed by atoms with van der Waals surface area (Å²) in [4.78, 5) is 0. The average molecular weight is 178 g/mol. The lowest BCUT2D eigenvalue weighted by molar-refractivity contribution is 1.02. The van der Waals surface area contributed by atoms with Crippen molar-refractivity contribution in [2.45, 2.75) is 0 Å². The molecule has 0 saturated heterocycles. The highest BCUT2D eigenvalue weighted by Gasteiger charge is 1.95. The van der Waals surface area contributed by atoms with Crippen LogP contribution in [0.25, 0.3) is 0 Å². The average Bonchev–Trinajstić information content (AvgIpc) is 2.15. The molecule has 6 N–H and O–H groups in total. The first-order valence-corrected chi connectivity index (χ1v) is 4.12. The molecule has 1 rings (SSSR count). The lowest BCUT2D eigenvalue weighted by Gasteiger charge is -2.04. The van der Waals surface area contributed by atoms with E-state index in [0.29, 0.717) is 6.54 Å². The van der Waals surface area contributed by atoms with Gasteiger partial charge in [-0.05, 0) is 24.3 Å². The minimum Gasteiger partial charge on any atom is -0.384 e. The van der Waals surface area contributed by atoms with Crippen LogP contribution >= 0.6 is 0 Å². The summed E-state index contributed by atoms with van der Waals surface area (Å²) in [6.07, 6.45) is 0. The van der Waals surface area contributed by atoms with Crippen LogP contribution in [-0.4, -0.2) is 18.9 Å². The van der Waals surface area contributed by atoms with Gasteiger partial charge in [0.2, 0.25) is 0 Å². The fourth-order valence-corrected chi connectivity index (χ4v) is 0.984. The first-order valence-electron chi connectivity index (χ1n) is 4.12. The Morgan fingerprint density at radius 1 is 1.31 bits per heavy atom. The molecule has 0 saturated carbocycles. The van der Waals surface area contributed by atoms with Crippen molar-refractivity contribution in [2.75, 3.05) is 18.4 Å². The van der Waals surface area contributed by atoms with Gasteiger partial charge in [0.25, 0.3) is 0 Å². The van der Waals surface area contributed by atoms with E-state index in [-0.39, 0.29) is 5.84 Å². The minimum absolute atomic E-state index is 0.0883. The summed E-state index contributed by atoms with van der Waals surface area (Å²) < 4.78 is 0. The van der Waals surface area contributed by atoms with Crippen molar-refractivity contribution in [1.82, 2.24) is 0 Å². The van der Waals surface area contributed by atoms with Crippen molar-refractivity contribution in [3.05, 3.63) is 29.8 Å². The molecule has 70 valence electrons. The molecular formula is C9H14N4. The summed E-state index contributed by atoms with van der Waals surface area (Å²) in [5.41, 5.74) is 12.4. The molecule has 0 aromatic heterocycles. The standard InChI is InChI=1S/C9H14N4/c10-5-6-13-8-3-1-7(2-4-8)9(11)12/h1-4,13H,5-6,10H2,(H3,11,12). The van der Waals surface area contributed by atoms with E-state index in [9.17, 15) is 0 Å². The molecule has 0 bridgehead atoms. The molecule has 0 atom stereocenters. The van der Waals surface area contributed by atoms with Gasteiger partial charge >= 0.3 is 0 Å². The topological polar surface area (TPSA) is 87.9 Å². The van der Waals surface area contributed by atoms with Crippen LogP contribution in [0.1, 0.15) is 5.56 Å². The molecule has 1 aromatic carbocycles. The summed E-state index contributed by atoms with van der Waals surface area (Å²) in [5.74, 6) is 0.0883. The van der Waals surface area contributed by atoms with Crippen molar-refractivity contribution in [3.8, 4) is 0 Å². The SMILES string of the molecule is N=C(N)c1ccc(NCCN)cc1. The molecule has 0 radical (unpaired) electrons. The number of rotatable bonds is 4. The molecule has 4 heteroatoms. The quantitative estimate of drug-likeness (QED) is 0.396. The van der Waals surface area contributed by atoms with E-state index in [1.54, 1.807) is 12.1 Å². The normalized spacial score (nSPS) is 9.62. The van der Waals surface area contributed by atoms with Gasteiger partial charge in [-0.3, -0.25) is 5.41 Å². The zero-order valence-corrected chi connectivity index (χ0v) is 7.38. The van der Waals surface area contributed by atoms with Crippen molar-refractivity contribution in [3.63, 3.8) is 0 Å². The number of benzene rings is 1. The molecule has 0 fully saturated rings. The minimum atomic E-state index is 0.0883. The number of amidine groups is 1. The summed E-state index contributed by atoms with van der Waals surface area (Å²) in [7, 11) is 0. The molecule has 13 heavy (non-hydrogen) atoms. The molecule has 0 heterocycles. The molecule has 0 aliphatic rings. The molecule has 0 aliphatic heterocycles. The molecule has 0 aliphatic carbocycles. The van der Waals surface area contributed by atoms with E-state index in [2.05, 4.69) is 5.32 Å². The molecule has 0 unspecified atom stereocenters. The summed E-state index contributed by atoms with van der Waals surface area (Å²) in [6.45, 7) is 1.36. The Morgan fingerprint density at radius 3 is 2.38 bits per heavy atom. The van der Waals surface area contributed by atoms with Crippen LogP contribution in [0.3, 0.4) is 0 Å². The van der Waals surface area contributed by atoms with E-state index in [0.717, 1.165) is 17.8 Å². The van der Waals surface area contributed by atoms with E-state index in [4.69, 9.17) is 16.9 Å². The van der Waals surface area contributed by atoms with Gasteiger partial charge in [0.1, 0.15) is 5.84 Å². The van der Waals surface area contributed by atoms with Crippen molar-refractivity contribution >= 4 is 11.5 Å². The highest BCUT2D eigenvalue weighted by atomic mass is 14.9. The van der Waals surface area contributed by atoms with E-state index < -0.39 is 0 Å². The third kappa shape index (κ3) is 2.76. The number of nitrogen functional groups attached to an aromatic ring is 1. The summed E-state index contributed by atoms with van der Waals surface area (Å²) in [6, 6.07) is 7.38. The van der Waals surface area contributed by atoms with Crippen molar-refractivity contribution in [1.29, 1.82) is 5.41 Å². The summed E-state index contributed by atoms with van der Waals surface area (Å²) in [5, 5.41) is 10.3. The third-order valence-corrected chi connectivity index (χ3v) is 1.67. The van der Waals surface area contributed by atoms with Crippen LogP contribution < -0.4 is 16.8 Å². The Hall–Kier alpha value is -1.55. The predicted molar refractivity (Wildman–Crippen MR) is 55.0 cm³/mol. The second kappa shape index (κ2) is 4.47. The fraction of sp³-hybridized carbons (Fsp3) is 0.222. The van der Waals surface area contributed by atoms with Crippen LogP contribution in [0.5, 0.6) is 0 Å². The maximum atomic E-state index is 7.18. The van der Waals surface area contributed by atoms with Crippen molar-refractivity contribution in [2.24, 2.45) is 11.5 Å². The van der Waals surface area contributed by atoms with Gasteiger partial charge in [-0.25, -0.2) is 0 Å². The highest BCUT2D eigenvalue weighted by molar-refractivity contribution is 5.95. The lowest BCUT2D eigenvalue weighted by Crippen LogP contribution is -2.14. The maximum absolute atomic E-state index is 7.18. The Morgan fingerprint density at radius 2 is 1.92 bits per heavy atom. The van der Waals surface area contributed by atoms with E-state index in [1.165, 1.54) is 0 Å². The fourth-order valence-electron chi connectivity index (χ4n) is 0.984. The zero-order valence-electron chi connectivity index (χ0n) is 7.38. The van der Waals surface area contributed by atoms with Gasteiger partial charge in [0.05, 0.1) is 0 Å². The van der Waals surface area contributed by atoms with Crippen LogP contribution in [0.15, 0.2) is 24.3 Å². The molecule has 0 spiro atoms. The third-order valence-electron chi connectivity index (χ3n) is 1.67. The number of nitrogens with two attached hydrogens (primary N) is 2. The van der Waals surface area contributed by atoms with Crippen LogP contribution in [-0.2, 0) is 0 Å². The Kier molecular flexibility index (Phi) is 3.28. The number of hydrogen-bond acceptors (Lipinski definition) is 3. The maximum Gasteiger partial charge on any atom is 0.122 e. The first kappa shape index (κ1) is 9.54. The molecule has 4 nitrogen and oxygen atoms in total. The molecule has 0 amide bonds. The monoisotopic (exact) mass is 178 g/mol. The van der Waals surface area contributed by atoms with Gasteiger partial charge in [-0.1, -0.05) is 0 Å². The van der Waals surface area contributed by atoms with Gasteiger partial charge in [-0.2, -0.15) is 0 Å². The van der Waals surface area contributed by atoms with Gasteiger partial charge in [0.15, 0.2) is 0 Å². The Balaban J connectivity index is 2.64. The number of nitrogens with one attached hydrogen (secondary N) is 2. The van der Waals surface area contributed by atoms with E-state index in [1.807, 2.05) is 12.1 Å². The van der Waals surface area contributed by atoms with Crippen LogP contribution in [0.2, 0.25) is 0 Å². The first-order chi connectivity index (χ1) is 6.24. The molecule has 1 aromatic rings. The highest BCUT2D eigenvalue weighted by Crippen LogP contribution is 2.08. The number of anilines is 1. The van der Waals surface area contributed by atoms with Gasteiger partial charge < -0.3 is 16.8 Å². The smallest absolute Gasteiger partial charge is 0.122 e. The van der Waals surface area contributed by atoms with Crippen LogP contribution in [0, 0.1) is 5.41 Å². The van der Waals surface area contributed by atoms with Crippen LogP contribution in [0.4, 0.5) is 5.69 Å². The summed E-state index contributed by atoms with van der Waals surface area (Å²) >= 11 is 0. The van der Waals surface area contributed by atoms with Gasteiger partial charge in [0, 0.05) is 24.3 Å². The lowest BCUT2D eigenvalue weighted by atomic mass is 10.2. The largest absolute Gasteiger partial charge is 0.384 e. The predicted octanol–water partition coefficient (Wildman–Crippen LogP) is 0.341. The Labute approximate surface area is 77.4 Å². The zero-order chi connectivity index (χ0) is 9.68. The van der Waals surface area contributed by atoms with E-state index >= 15 is 0 Å². The Bertz CT molecular complexity index is 278. The van der Waals surface area contributed by atoms with Gasteiger partial charge in [-0.15, -0.1) is 0 Å². The molecular weight excluding hydrogens is 164 g/mol. The second-order valence-electron chi connectivity index (χ2n) is 2.71. The second-order valence-corrected chi connectivity index (χ2v) is 2.71. The number of hydrogen-bond donors (Lipinski definition) is 4. The van der Waals surface area contributed by atoms with Crippen molar-refractivity contribution < 1.29 is 0 Å².